The van der Waals surface area contributed by atoms with E-state index < -0.39 is 17.2 Å². The van der Waals surface area contributed by atoms with Gasteiger partial charge in [-0.2, -0.15) is 0 Å². The molecule has 0 bridgehead atoms. The van der Waals surface area contributed by atoms with Gasteiger partial charge in [0.2, 0.25) is 5.91 Å². The molecule has 0 aliphatic carbocycles. The van der Waals surface area contributed by atoms with Crippen LogP contribution in [0.5, 0.6) is 0 Å². The summed E-state index contributed by atoms with van der Waals surface area (Å²) in [6, 6.07) is 5.03. The maximum absolute atomic E-state index is 13.6. The standard InChI is InChI=1S/C23H32N6O4/c1-5-6-10-29-20(24)19(21(31)26-23(29)33)28(11-9-14(2)3)22(32)15-7-8-17-16(12-15)25-18(30)13-27(17)4/h7-8,12,14H,5-6,9-11,13,24H2,1-4H3,(H,25,30)(H,26,31,33). The number of aromatic amines is 1. The quantitative estimate of drug-likeness (QED) is 0.556. The lowest BCUT2D eigenvalue weighted by Crippen LogP contribution is -2.42. The van der Waals surface area contributed by atoms with Gasteiger partial charge < -0.3 is 20.9 Å². The number of rotatable bonds is 8. The molecule has 0 atom stereocenters. The lowest BCUT2D eigenvalue weighted by molar-refractivity contribution is -0.115. The number of likely N-dealkylation sites (N-methyl/N-ethyl adjacent to an activating group) is 1. The van der Waals surface area contributed by atoms with Crippen molar-refractivity contribution in [3.05, 3.63) is 44.6 Å². The molecule has 0 saturated heterocycles. The van der Waals surface area contributed by atoms with Gasteiger partial charge in [-0.3, -0.25) is 23.9 Å². The number of nitrogens with one attached hydrogen (secondary N) is 2. The number of H-pyrrole nitrogens is 1. The fraction of sp³-hybridized carbons (Fsp3) is 0.478. The molecule has 1 aliphatic heterocycles. The van der Waals surface area contributed by atoms with Gasteiger partial charge in [-0.25, -0.2) is 4.79 Å². The van der Waals surface area contributed by atoms with E-state index in [1.54, 1.807) is 30.1 Å². The van der Waals surface area contributed by atoms with Crippen molar-refractivity contribution < 1.29 is 9.59 Å². The number of aromatic nitrogens is 2. The molecule has 2 heterocycles. The van der Waals surface area contributed by atoms with Gasteiger partial charge >= 0.3 is 5.69 Å². The molecule has 33 heavy (non-hydrogen) atoms. The van der Waals surface area contributed by atoms with Crippen LogP contribution in [0.15, 0.2) is 27.8 Å². The molecule has 0 unspecified atom stereocenters. The number of carbonyl (C=O) groups is 2. The van der Waals surface area contributed by atoms with Gasteiger partial charge in [0.15, 0.2) is 5.69 Å². The zero-order valence-electron chi connectivity index (χ0n) is 19.6. The van der Waals surface area contributed by atoms with E-state index in [4.69, 9.17) is 5.73 Å². The van der Waals surface area contributed by atoms with Gasteiger partial charge in [-0.15, -0.1) is 0 Å². The Morgan fingerprint density at radius 1 is 1.24 bits per heavy atom. The lowest BCUT2D eigenvalue weighted by atomic mass is 10.1. The molecule has 178 valence electrons. The van der Waals surface area contributed by atoms with E-state index in [1.165, 1.54) is 9.47 Å². The molecule has 10 heteroatoms. The predicted octanol–water partition coefficient (Wildman–Crippen LogP) is 2.00. The Morgan fingerprint density at radius 2 is 1.97 bits per heavy atom. The van der Waals surface area contributed by atoms with Crippen LogP contribution in [-0.2, 0) is 11.3 Å². The summed E-state index contributed by atoms with van der Waals surface area (Å²) in [7, 11) is 1.80. The second-order valence-electron chi connectivity index (χ2n) is 8.77. The third-order valence-electron chi connectivity index (χ3n) is 5.70. The third-order valence-corrected chi connectivity index (χ3v) is 5.70. The highest BCUT2D eigenvalue weighted by molar-refractivity contribution is 6.09. The number of hydrogen-bond acceptors (Lipinski definition) is 6. The first-order valence-corrected chi connectivity index (χ1v) is 11.2. The highest BCUT2D eigenvalue weighted by Gasteiger charge is 2.27. The van der Waals surface area contributed by atoms with Crippen LogP contribution in [0.25, 0.3) is 0 Å². The van der Waals surface area contributed by atoms with Crippen LogP contribution in [0, 0.1) is 5.92 Å². The number of nitrogens with zero attached hydrogens (tertiary/aromatic N) is 3. The Labute approximate surface area is 192 Å². The first-order chi connectivity index (χ1) is 15.6. The number of fused-ring (bicyclic) bond motifs is 1. The highest BCUT2D eigenvalue weighted by atomic mass is 16.2. The molecule has 3 rings (SSSR count). The van der Waals surface area contributed by atoms with Gasteiger partial charge in [0.25, 0.3) is 11.5 Å². The zero-order valence-corrected chi connectivity index (χ0v) is 19.6. The molecular weight excluding hydrogens is 424 g/mol. The number of benzene rings is 1. The van der Waals surface area contributed by atoms with Crippen molar-refractivity contribution in [2.75, 3.05) is 41.0 Å². The number of carbonyl (C=O) groups excluding carboxylic acids is 2. The van der Waals surface area contributed by atoms with Crippen molar-refractivity contribution in [2.24, 2.45) is 5.92 Å². The average Bonchev–Trinajstić information content (AvgIpc) is 2.74. The molecule has 0 radical (unpaired) electrons. The molecule has 1 aromatic heterocycles. The summed E-state index contributed by atoms with van der Waals surface area (Å²) in [5.41, 5.74) is 6.58. The molecular formula is C23H32N6O4. The number of anilines is 4. The van der Waals surface area contributed by atoms with E-state index in [1.807, 2.05) is 20.8 Å². The van der Waals surface area contributed by atoms with Crippen molar-refractivity contribution >= 4 is 34.7 Å². The van der Waals surface area contributed by atoms with Crippen LogP contribution in [0.2, 0.25) is 0 Å². The van der Waals surface area contributed by atoms with Gasteiger partial charge in [-0.1, -0.05) is 27.2 Å². The Kier molecular flexibility index (Phi) is 7.25. The summed E-state index contributed by atoms with van der Waals surface area (Å²) in [4.78, 5) is 56.2. The minimum atomic E-state index is -0.701. The monoisotopic (exact) mass is 456 g/mol. The minimum Gasteiger partial charge on any atom is -0.383 e. The van der Waals surface area contributed by atoms with Crippen LogP contribution in [-0.4, -0.2) is 41.5 Å². The van der Waals surface area contributed by atoms with Crippen molar-refractivity contribution in [1.82, 2.24) is 9.55 Å². The number of unbranched alkanes of at least 4 members (excludes halogenated alkanes) is 1. The summed E-state index contributed by atoms with van der Waals surface area (Å²) in [5.74, 6) is -0.364. The predicted molar refractivity (Wildman–Crippen MR) is 130 cm³/mol. The highest BCUT2D eigenvalue weighted by Crippen LogP contribution is 2.30. The molecule has 4 N–H and O–H groups in total. The van der Waals surface area contributed by atoms with Crippen LogP contribution >= 0.6 is 0 Å². The Bertz CT molecular complexity index is 1170. The fourth-order valence-corrected chi connectivity index (χ4v) is 3.83. The van der Waals surface area contributed by atoms with E-state index in [0.717, 1.165) is 12.1 Å². The lowest BCUT2D eigenvalue weighted by Gasteiger charge is -2.29. The average molecular weight is 457 g/mol. The molecule has 10 nitrogen and oxygen atoms in total. The zero-order chi connectivity index (χ0) is 24.3. The van der Waals surface area contributed by atoms with Crippen LogP contribution in [0.3, 0.4) is 0 Å². The Morgan fingerprint density at radius 3 is 2.64 bits per heavy atom. The largest absolute Gasteiger partial charge is 0.383 e. The summed E-state index contributed by atoms with van der Waals surface area (Å²) in [5, 5.41) is 2.79. The smallest absolute Gasteiger partial charge is 0.330 e. The van der Waals surface area contributed by atoms with Crippen LogP contribution in [0.4, 0.5) is 22.9 Å². The van der Waals surface area contributed by atoms with Crippen molar-refractivity contribution in [1.29, 1.82) is 0 Å². The molecule has 1 aliphatic rings. The maximum Gasteiger partial charge on any atom is 0.330 e. The molecule has 2 amide bonds. The van der Waals surface area contributed by atoms with Crippen LogP contribution < -0.4 is 32.1 Å². The van der Waals surface area contributed by atoms with Crippen molar-refractivity contribution in [3.8, 4) is 0 Å². The first-order valence-electron chi connectivity index (χ1n) is 11.2. The van der Waals surface area contributed by atoms with Gasteiger partial charge in [0.05, 0.1) is 17.9 Å². The molecule has 0 spiro atoms. The maximum atomic E-state index is 13.6. The van der Waals surface area contributed by atoms with E-state index in [-0.39, 0.29) is 36.4 Å². The Balaban J connectivity index is 2.08. The Hall–Kier alpha value is -3.56. The molecule has 1 aromatic carbocycles. The van der Waals surface area contributed by atoms with E-state index in [9.17, 15) is 19.2 Å². The number of nitrogens with two attached hydrogens (primary N) is 1. The third kappa shape index (κ3) is 5.10. The van der Waals surface area contributed by atoms with Gasteiger partial charge in [-0.05, 0) is 37.0 Å². The number of amides is 2. The fourth-order valence-electron chi connectivity index (χ4n) is 3.83. The normalized spacial score (nSPS) is 13.1. The number of nitrogen functional groups attached to an aromatic ring is 1. The second kappa shape index (κ2) is 9.93. The number of hydrogen-bond donors (Lipinski definition) is 3. The van der Waals surface area contributed by atoms with Gasteiger partial charge in [0, 0.05) is 25.7 Å². The summed E-state index contributed by atoms with van der Waals surface area (Å²) in [6.45, 7) is 6.84. The van der Waals surface area contributed by atoms with Crippen molar-refractivity contribution in [2.45, 2.75) is 46.6 Å². The second-order valence-corrected chi connectivity index (χ2v) is 8.77. The first kappa shape index (κ1) is 24.1. The van der Waals surface area contributed by atoms with Gasteiger partial charge in [0.1, 0.15) is 5.82 Å². The topological polar surface area (TPSA) is 134 Å². The van der Waals surface area contributed by atoms with E-state index in [2.05, 4.69) is 10.3 Å². The van der Waals surface area contributed by atoms with Crippen LogP contribution in [0.1, 0.15) is 50.4 Å². The van der Waals surface area contributed by atoms with E-state index >= 15 is 0 Å². The summed E-state index contributed by atoms with van der Waals surface area (Å²) >= 11 is 0. The SMILES string of the molecule is CCCCn1c(N)c(N(CCC(C)C)C(=O)c2ccc3c(c2)NC(=O)CN3C)c(=O)[nH]c1=O. The van der Waals surface area contributed by atoms with Crippen molar-refractivity contribution in [3.63, 3.8) is 0 Å². The van der Waals surface area contributed by atoms with E-state index in [0.29, 0.717) is 30.6 Å². The summed E-state index contributed by atoms with van der Waals surface area (Å²) in [6.07, 6.45) is 2.17. The minimum absolute atomic E-state index is 0.0275. The molecule has 0 fully saturated rings. The molecule has 0 saturated carbocycles. The summed E-state index contributed by atoms with van der Waals surface area (Å²) < 4.78 is 1.30. The molecule has 2 aromatic rings.